The van der Waals surface area contributed by atoms with Crippen LogP contribution in [0.15, 0.2) is 22.7 Å². The van der Waals surface area contributed by atoms with Crippen molar-refractivity contribution >= 4 is 21.7 Å². The SMILES string of the molecule is Cc1cc(C(=O)CC(C)C)ccc1Br. The van der Waals surface area contributed by atoms with Crippen LogP contribution in [0.25, 0.3) is 0 Å². The number of ketones is 1. The maximum atomic E-state index is 11.7. The molecule has 76 valence electrons. The molecule has 0 bridgehead atoms. The van der Waals surface area contributed by atoms with E-state index in [0.29, 0.717) is 12.3 Å². The Kier molecular flexibility index (Phi) is 3.87. The number of Topliss-reactive ketones (excluding diaryl/α,β-unsaturated/α-hetero) is 1. The summed E-state index contributed by atoms with van der Waals surface area (Å²) in [4.78, 5) is 11.7. The second kappa shape index (κ2) is 4.74. The zero-order chi connectivity index (χ0) is 10.7. The van der Waals surface area contributed by atoms with Crippen LogP contribution in [-0.2, 0) is 0 Å². The number of hydrogen-bond donors (Lipinski definition) is 0. The summed E-state index contributed by atoms with van der Waals surface area (Å²) in [6.07, 6.45) is 0.626. The van der Waals surface area contributed by atoms with Gasteiger partial charge in [0.05, 0.1) is 0 Å². The van der Waals surface area contributed by atoms with Crippen molar-refractivity contribution in [1.29, 1.82) is 0 Å². The first-order valence-corrected chi connectivity index (χ1v) is 5.59. The zero-order valence-electron chi connectivity index (χ0n) is 8.80. The molecule has 1 nitrogen and oxygen atoms in total. The molecule has 0 aliphatic heterocycles. The molecule has 0 N–H and O–H groups in total. The van der Waals surface area contributed by atoms with Crippen LogP contribution < -0.4 is 0 Å². The zero-order valence-corrected chi connectivity index (χ0v) is 10.4. The molecule has 0 atom stereocenters. The van der Waals surface area contributed by atoms with Gasteiger partial charge in [-0.15, -0.1) is 0 Å². The maximum Gasteiger partial charge on any atom is 0.163 e. The van der Waals surface area contributed by atoms with E-state index in [-0.39, 0.29) is 5.78 Å². The Balaban J connectivity index is 2.86. The van der Waals surface area contributed by atoms with Crippen molar-refractivity contribution in [3.63, 3.8) is 0 Å². The van der Waals surface area contributed by atoms with Crippen molar-refractivity contribution < 1.29 is 4.79 Å². The van der Waals surface area contributed by atoms with Gasteiger partial charge in [0.25, 0.3) is 0 Å². The summed E-state index contributed by atoms with van der Waals surface area (Å²) in [5, 5.41) is 0. The van der Waals surface area contributed by atoms with E-state index in [9.17, 15) is 4.79 Å². The predicted octanol–water partition coefficient (Wildman–Crippen LogP) is 3.99. The van der Waals surface area contributed by atoms with Crippen LogP contribution >= 0.6 is 15.9 Å². The van der Waals surface area contributed by atoms with Crippen molar-refractivity contribution in [2.75, 3.05) is 0 Å². The molecule has 2 heteroatoms. The molecule has 0 aliphatic carbocycles. The van der Waals surface area contributed by atoms with Gasteiger partial charge in [-0.25, -0.2) is 0 Å². The third kappa shape index (κ3) is 2.95. The van der Waals surface area contributed by atoms with Gasteiger partial charge in [0.2, 0.25) is 0 Å². The first-order chi connectivity index (χ1) is 6.50. The second-order valence-corrected chi connectivity index (χ2v) is 4.84. The largest absolute Gasteiger partial charge is 0.294 e. The van der Waals surface area contributed by atoms with Gasteiger partial charge in [0.15, 0.2) is 5.78 Å². The fourth-order valence-corrected chi connectivity index (χ4v) is 1.55. The third-order valence-corrected chi connectivity index (χ3v) is 2.96. The molecular formula is C12H15BrO. The normalized spacial score (nSPS) is 10.6. The first kappa shape index (κ1) is 11.4. The Bertz CT molecular complexity index is 342. The van der Waals surface area contributed by atoms with Crippen LogP contribution in [-0.4, -0.2) is 5.78 Å². The Morgan fingerprint density at radius 1 is 1.43 bits per heavy atom. The highest BCUT2D eigenvalue weighted by Crippen LogP contribution is 2.18. The van der Waals surface area contributed by atoms with E-state index in [0.717, 1.165) is 15.6 Å². The standard InChI is InChI=1S/C12H15BrO/c1-8(2)6-12(14)10-4-5-11(13)9(3)7-10/h4-5,7-8H,6H2,1-3H3. The summed E-state index contributed by atoms with van der Waals surface area (Å²) < 4.78 is 1.05. The number of benzene rings is 1. The van der Waals surface area contributed by atoms with Crippen molar-refractivity contribution in [3.05, 3.63) is 33.8 Å². The molecule has 0 amide bonds. The van der Waals surface area contributed by atoms with Gasteiger partial charge in [0, 0.05) is 16.5 Å². The Morgan fingerprint density at radius 3 is 2.57 bits per heavy atom. The lowest BCUT2D eigenvalue weighted by Crippen LogP contribution is -2.03. The van der Waals surface area contributed by atoms with E-state index >= 15 is 0 Å². The van der Waals surface area contributed by atoms with Gasteiger partial charge in [0.1, 0.15) is 0 Å². The topological polar surface area (TPSA) is 17.1 Å². The van der Waals surface area contributed by atoms with Gasteiger partial charge in [-0.1, -0.05) is 35.8 Å². The smallest absolute Gasteiger partial charge is 0.163 e. The maximum absolute atomic E-state index is 11.7. The molecule has 1 aromatic carbocycles. The molecule has 14 heavy (non-hydrogen) atoms. The van der Waals surface area contributed by atoms with Crippen molar-refractivity contribution in [1.82, 2.24) is 0 Å². The van der Waals surface area contributed by atoms with Gasteiger partial charge in [-0.05, 0) is 30.5 Å². The first-order valence-electron chi connectivity index (χ1n) is 4.80. The van der Waals surface area contributed by atoms with Gasteiger partial charge in [-0.3, -0.25) is 4.79 Å². The molecule has 0 heterocycles. The number of rotatable bonds is 3. The lowest BCUT2D eigenvalue weighted by atomic mass is 10.0. The number of carbonyl (C=O) groups excluding carboxylic acids is 1. The van der Waals surface area contributed by atoms with E-state index in [1.165, 1.54) is 0 Å². The van der Waals surface area contributed by atoms with Gasteiger partial charge in [-0.2, -0.15) is 0 Å². The molecule has 0 saturated carbocycles. The predicted molar refractivity (Wildman–Crippen MR) is 62.7 cm³/mol. The van der Waals surface area contributed by atoms with Crippen LogP contribution in [0.5, 0.6) is 0 Å². The van der Waals surface area contributed by atoms with E-state index in [1.807, 2.05) is 25.1 Å². The van der Waals surface area contributed by atoms with Crippen molar-refractivity contribution in [3.8, 4) is 0 Å². The summed E-state index contributed by atoms with van der Waals surface area (Å²) in [5.74, 6) is 0.655. The summed E-state index contributed by atoms with van der Waals surface area (Å²) in [5.41, 5.74) is 1.93. The molecular weight excluding hydrogens is 240 g/mol. The van der Waals surface area contributed by atoms with E-state index in [2.05, 4.69) is 29.8 Å². The Morgan fingerprint density at radius 2 is 2.07 bits per heavy atom. The molecule has 0 aromatic heterocycles. The fourth-order valence-electron chi connectivity index (χ4n) is 1.31. The highest BCUT2D eigenvalue weighted by molar-refractivity contribution is 9.10. The average molecular weight is 255 g/mol. The minimum absolute atomic E-state index is 0.232. The summed E-state index contributed by atoms with van der Waals surface area (Å²) in [6, 6.07) is 5.75. The molecule has 0 spiro atoms. The molecule has 0 radical (unpaired) electrons. The third-order valence-electron chi connectivity index (χ3n) is 2.07. The molecule has 0 unspecified atom stereocenters. The lowest BCUT2D eigenvalue weighted by molar-refractivity contribution is 0.0968. The van der Waals surface area contributed by atoms with Crippen LogP contribution in [0.2, 0.25) is 0 Å². The van der Waals surface area contributed by atoms with Gasteiger partial charge < -0.3 is 0 Å². The number of carbonyl (C=O) groups is 1. The molecule has 1 aromatic rings. The number of hydrogen-bond acceptors (Lipinski definition) is 1. The average Bonchev–Trinajstić information content (AvgIpc) is 2.08. The molecule has 0 aliphatic rings. The van der Waals surface area contributed by atoms with E-state index in [1.54, 1.807) is 0 Å². The van der Waals surface area contributed by atoms with Crippen molar-refractivity contribution in [2.45, 2.75) is 27.2 Å². The van der Waals surface area contributed by atoms with Crippen LogP contribution in [0, 0.1) is 12.8 Å². The Labute approximate surface area is 93.7 Å². The quantitative estimate of drug-likeness (QED) is 0.746. The van der Waals surface area contributed by atoms with Crippen LogP contribution in [0.4, 0.5) is 0 Å². The molecule has 0 fully saturated rings. The highest BCUT2D eigenvalue weighted by atomic mass is 79.9. The van der Waals surface area contributed by atoms with Crippen LogP contribution in [0.3, 0.4) is 0 Å². The van der Waals surface area contributed by atoms with Crippen LogP contribution in [0.1, 0.15) is 36.2 Å². The summed E-state index contributed by atoms with van der Waals surface area (Å²) in [6.45, 7) is 6.11. The van der Waals surface area contributed by atoms with Gasteiger partial charge >= 0.3 is 0 Å². The summed E-state index contributed by atoms with van der Waals surface area (Å²) >= 11 is 3.42. The number of aryl methyl sites for hydroxylation is 1. The fraction of sp³-hybridized carbons (Fsp3) is 0.417. The molecule has 1 rings (SSSR count). The van der Waals surface area contributed by atoms with E-state index in [4.69, 9.17) is 0 Å². The van der Waals surface area contributed by atoms with Crippen molar-refractivity contribution in [2.24, 2.45) is 5.92 Å². The number of halogens is 1. The molecule has 0 saturated heterocycles. The minimum Gasteiger partial charge on any atom is -0.294 e. The lowest BCUT2D eigenvalue weighted by Gasteiger charge is -2.05. The monoisotopic (exact) mass is 254 g/mol. The highest BCUT2D eigenvalue weighted by Gasteiger charge is 2.08. The summed E-state index contributed by atoms with van der Waals surface area (Å²) in [7, 11) is 0. The second-order valence-electron chi connectivity index (χ2n) is 3.99. The van der Waals surface area contributed by atoms with E-state index < -0.39 is 0 Å². The Hall–Kier alpha value is -0.630. The minimum atomic E-state index is 0.232.